The normalized spacial score (nSPS) is 20.9. The third-order valence-electron chi connectivity index (χ3n) is 4.97. The van der Waals surface area contributed by atoms with Crippen LogP contribution >= 0.6 is 0 Å². The third-order valence-corrected chi connectivity index (χ3v) is 4.97. The van der Waals surface area contributed by atoms with Gasteiger partial charge in [0.05, 0.1) is 12.1 Å². The van der Waals surface area contributed by atoms with Crippen LogP contribution in [0.3, 0.4) is 0 Å². The van der Waals surface area contributed by atoms with Crippen LogP contribution in [-0.4, -0.2) is 23.5 Å². The van der Waals surface area contributed by atoms with E-state index in [4.69, 9.17) is 9.98 Å². The van der Waals surface area contributed by atoms with Gasteiger partial charge in [-0.2, -0.15) is 0 Å². The minimum absolute atomic E-state index is 0.422. The Morgan fingerprint density at radius 3 is 1.08 bits per heavy atom. The van der Waals surface area contributed by atoms with Crippen molar-refractivity contribution in [1.29, 1.82) is 0 Å². The Kier molecular flexibility index (Phi) is 10.7. The van der Waals surface area contributed by atoms with Crippen LogP contribution in [0.4, 0.5) is 0 Å². The molecule has 0 saturated heterocycles. The molecule has 0 aromatic rings. The van der Waals surface area contributed by atoms with Gasteiger partial charge in [0, 0.05) is 11.4 Å². The molecule has 1 rings (SSSR count). The summed E-state index contributed by atoms with van der Waals surface area (Å²) in [7, 11) is 0. The molecule has 0 aromatic carbocycles. The Bertz CT molecular complexity index is 377. The van der Waals surface area contributed by atoms with E-state index in [9.17, 15) is 0 Å². The van der Waals surface area contributed by atoms with E-state index in [0.717, 1.165) is 25.7 Å². The molecule has 1 saturated carbocycles. The molecule has 2 unspecified atom stereocenters. The summed E-state index contributed by atoms with van der Waals surface area (Å²) in [5, 5.41) is 0. The zero-order chi connectivity index (χ0) is 19.7. The molecular weight excluding hydrogens is 316 g/mol. The van der Waals surface area contributed by atoms with Crippen LogP contribution in [0, 0.1) is 23.7 Å². The van der Waals surface area contributed by atoms with Gasteiger partial charge >= 0.3 is 0 Å². The fourth-order valence-corrected chi connectivity index (χ4v) is 4.12. The number of nitrogens with zero attached hydrogens (tertiary/aromatic N) is 2. The van der Waals surface area contributed by atoms with Crippen LogP contribution in [0.15, 0.2) is 9.98 Å². The first-order valence-electron chi connectivity index (χ1n) is 11.3. The zero-order valence-corrected chi connectivity index (χ0v) is 19.0. The number of rotatable bonds is 10. The average molecular weight is 363 g/mol. The number of aliphatic imine (C=N–C) groups is 2. The van der Waals surface area contributed by atoms with E-state index in [2.05, 4.69) is 55.4 Å². The molecule has 26 heavy (non-hydrogen) atoms. The van der Waals surface area contributed by atoms with Crippen molar-refractivity contribution >= 4 is 11.4 Å². The monoisotopic (exact) mass is 362 g/mol. The molecule has 0 heterocycles. The standard InChI is InChI=1S/C24H46N2/c1-17(2)13-21(14-18(3)4)25-23-11-9-10-12-24(23)26-22(15-19(5)6)16-20(7)8/h17-20,23-24H,9-16H2,1-8H3. The molecule has 2 heteroatoms. The fourth-order valence-electron chi connectivity index (χ4n) is 4.12. The number of hydrogen-bond donors (Lipinski definition) is 0. The third kappa shape index (κ3) is 9.88. The summed E-state index contributed by atoms with van der Waals surface area (Å²) in [6.45, 7) is 18.5. The van der Waals surface area contributed by atoms with Crippen molar-refractivity contribution < 1.29 is 0 Å². The SMILES string of the molecule is CC(C)CC(CC(C)C)=NC1CCCCC1N=C(CC(C)C)CC(C)C. The maximum atomic E-state index is 5.32. The van der Waals surface area contributed by atoms with Gasteiger partial charge in [-0.1, -0.05) is 68.2 Å². The molecule has 0 spiro atoms. The van der Waals surface area contributed by atoms with Crippen molar-refractivity contribution in [2.45, 2.75) is 119 Å². The Morgan fingerprint density at radius 1 is 0.577 bits per heavy atom. The highest BCUT2D eigenvalue weighted by Crippen LogP contribution is 2.27. The summed E-state index contributed by atoms with van der Waals surface area (Å²) >= 11 is 0. The molecule has 0 radical (unpaired) electrons. The minimum atomic E-state index is 0.422. The Morgan fingerprint density at radius 2 is 0.846 bits per heavy atom. The molecule has 2 nitrogen and oxygen atoms in total. The summed E-state index contributed by atoms with van der Waals surface area (Å²) in [5.74, 6) is 2.76. The molecule has 152 valence electrons. The van der Waals surface area contributed by atoms with E-state index in [1.807, 2.05) is 0 Å². The molecule has 0 bridgehead atoms. The molecular formula is C24H46N2. The predicted molar refractivity (Wildman–Crippen MR) is 119 cm³/mol. The molecule has 0 aromatic heterocycles. The maximum absolute atomic E-state index is 5.32. The van der Waals surface area contributed by atoms with Gasteiger partial charge in [-0.15, -0.1) is 0 Å². The molecule has 0 N–H and O–H groups in total. The van der Waals surface area contributed by atoms with Gasteiger partial charge in [0.1, 0.15) is 0 Å². The van der Waals surface area contributed by atoms with E-state index in [-0.39, 0.29) is 0 Å². The molecule has 0 aliphatic heterocycles. The van der Waals surface area contributed by atoms with Crippen molar-refractivity contribution in [2.75, 3.05) is 0 Å². The second-order valence-electron chi connectivity index (χ2n) is 10.2. The van der Waals surface area contributed by atoms with Crippen LogP contribution in [-0.2, 0) is 0 Å². The van der Waals surface area contributed by atoms with Gasteiger partial charge in [-0.25, -0.2) is 0 Å². The fraction of sp³-hybridized carbons (Fsp3) is 0.917. The smallest absolute Gasteiger partial charge is 0.0722 e. The quantitative estimate of drug-likeness (QED) is 0.362. The van der Waals surface area contributed by atoms with Crippen molar-refractivity contribution in [1.82, 2.24) is 0 Å². The second-order valence-corrected chi connectivity index (χ2v) is 10.2. The average Bonchev–Trinajstić information content (AvgIpc) is 2.46. The molecule has 0 amide bonds. The van der Waals surface area contributed by atoms with Gasteiger partial charge in [0.2, 0.25) is 0 Å². The van der Waals surface area contributed by atoms with Crippen molar-refractivity contribution in [2.24, 2.45) is 33.7 Å². The van der Waals surface area contributed by atoms with E-state index in [0.29, 0.717) is 35.8 Å². The highest BCUT2D eigenvalue weighted by molar-refractivity contribution is 5.86. The molecule has 2 atom stereocenters. The van der Waals surface area contributed by atoms with Crippen LogP contribution in [0.2, 0.25) is 0 Å². The van der Waals surface area contributed by atoms with Crippen LogP contribution in [0.5, 0.6) is 0 Å². The van der Waals surface area contributed by atoms with Gasteiger partial charge in [-0.3, -0.25) is 9.98 Å². The van der Waals surface area contributed by atoms with E-state index >= 15 is 0 Å². The first kappa shape index (κ1) is 23.4. The summed E-state index contributed by atoms with van der Waals surface area (Å²) in [4.78, 5) is 10.6. The summed E-state index contributed by atoms with van der Waals surface area (Å²) < 4.78 is 0. The summed E-state index contributed by atoms with van der Waals surface area (Å²) in [6.07, 6.45) is 9.69. The van der Waals surface area contributed by atoms with Gasteiger partial charge in [0.15, 0.2) is 0 Å². The van der Waals surface area contributed by atoms with E-state index in [1.54, 1.807) is 0 Å². The Hall–Kier alpha value is -0.660. The first-order chi connectivity index (χ1) is 12.2. The topological polar surface area (TPSA) is 24.7 Å². The maximum Gasteiger partial charge on any atom is 0.0722 e. The van der Waals surface area contributed by atoms with Gasteiger partial charge in [-0.05, 0) is 62.2 Å². The molecule has 1 aliphatic rings. The highest BCUT2D eigenvalue weighted by Gasteiger charge is 2.25. The lowest BCUT2D eigenvalue weighted by Crippen LogP contribution is -2.30. The lowest BCUT2D eigenvalue weighted by atomic mass is 9.89. The zero-order valence-electron chi connectivity index (χ0n) is 19.0. The minimum Gasteiger partial charge on any atom is -0.289 e. The second kappa shape index (κ2) is 11.9. The predicted octanol–water partition coefficient (Wildman–Crippen LogP) is 7.36. The molecule has 1 fully saturated rings. The summed E-state index contributed by atoms with van der Waals surface area (Å²) in [5.41, 5.74) is 2.88. The van der Waals surface area contributed by atoms with E-state index in [1.165, 1.54) is 37.1 Å². The van der Waals surface area contributed by atoms with Gasteiger partial charge in [0.25, 0.3) is 0 Å². The van der Waals surface area contributed by atoms with Crippen molar-refractivity contribution in [3.05, 3.63) is 0 Å². The van der Waals surface area contributed by atoms with E-state index < -0.39 is 0 Å². The summed E-state index contributed by atoms with van der Waals surface area (Å²) in [6, 6.07) is 0.844. The van der Waals surface area contributed by atoms with Crippen molar-refractivity contribution in [3.63, 3.8) is 0 Å². The Labute approximate surface area is 164 Å². The molecule has 1 aliphatic carbocycles. The number of hydrogen-bond acceptors (Lipinski definition) is 2. The first-order valence-corrected chi connectivity index (χ1v) is 11.3. The van der Waals surface area contributed by atoms with Crippen LogP contribution in [0.1, 0.15) is 107 Å². The lowest BCUT2D eigenvalue weighted by molar-refractivity contribution is 0.384. The van der Waals surface area contributed by atoms with Crippen LogP contribution in [0.25, 0.3) is 0 Å². The lowest BCUT2D eigenvalue weighted by Gasteiger charge is -2.29. The largest absolute Gasteiger partial charge is 0.289 e. The van der Waals surface area contributed by atoms with Crippen LogP contribution < -0.4 is 0 Å². The Balaban J connectivity index is 3.01. The van der Waals surface area contributed by atoms with Gasteiger partial charge < -0.3 is 0 Å². The van der Waals surface area contributed by atoms with Crippen molar-refractivity contribution in [3.8, 4) is 0 Å². The highest BCUT2D eigenvalue weighted by atomic mass is 14.9.